The number of hydrogen-bond acceptors (Lipinski definition) is 5. The van der Waals surface area contributed by atoms with E-state index in [2.05, 4.69) is 10.5 Å². The van der Waals surface area contributed by atoms with Gasteiger partial charge in [0, 0.05) is 13.1 Å². The molecular formula is C19H19ClFN3O3. The average molecular weight is 392 g/mol. The van der Waals surface area contributed by atoms with Gasteiger partial charge in [0.15, 0.2) is 6.61 Å². The van der Waals surface area contributed by atoms with Crippen LogP contribution in [0.1, 0.15) is 5.56 Å². The molecule has 2 aromatic carbocycles. The number of hydrogen-bond donors (Lipinski definition) is 1. The van der Waals surface area contributed by atoms with Crippen molar-refractivity contribution >= 4 is 29.4 Å². The van der Waals surface area contributed by atoms with E-state index in [1.807, 2.05) is 4.90 Å². The molecule has 1 heterocycles. The van der Waals surface area contributed by atoms with Gasteiger partial charge in [-0.05, 0) is 29.8 Å². The highest BCUT2D eigenvalue weighted by Crippen LogP contribution is 2.23. The lowest BCUT2D eigenvalue weighted by molar-refractivity contribution is -0.123. The van der Waals surface area contributed by atoms with Gasteiger partial charge in [-0.2, -0.15) is 5.10 Å². The van der Waals surface area contributed by atoms with Crippen molar-refractivity contribution in [2.24, 2.45) is 5.10 Å². The first kappa shape index (κ1) is 19.1. The maximum Gasteiger partial charge on any atom is 0.277 e. The van der Waals surface area contributed by atoms with Crippen LogP contribution in [0.3, 0.4) is 0 Å². The molecule has 1 aliphatic rings. The van der Waals surface area contributed by atoms with E-state index in [1.54, 1.807) is 36.4 Å². The minimum absolute atomic E-state index is 0.231. The number of nitrogens with one attached hydrogen (secondary N) is 1. The molecule has 3 rings (SSSR count). The number of hydrazone groups is 1. The molecule has 2 aromatic rings. The van der Waals surface area contributed by atoms with Crippen molar-refractivity contribution in [3.63, 3.8) is 0 Å². The fraction of sp³-hybridized carbons (Fsp3) is 0.263. The second-order valence-corrected chi connectivity index (χ2v) is 6.23. The number of rotatable bonds is 6. The van der Waals surface area contributed by atoms with Crippen LogP contribution in [0.5, 0.6) is 5.75 Å². The molecule has 0 unspecified atom stereocenters. The molecule has 1 amide bonds. The van der Waals surface area contributed by atoms with Crippen molar-refractivity contribution in [1.82, 2.24) is 5.43 Å². The number of ether oxygens (including phenoxy) is 2. The molecule has 27 heavy (non-hydrogen) atoms. The van der Waals surface area contributed by atoms with Gasteiger partial charge in [-0.25, -0.2) is 9.82 Å². The summed E-state index contributed by atoms with van der Waals surface area (Å²) in [7, 11) is 0. The molecule has 142 valence electrons. The maximum atomic E-state index is 14.3. The van der Waals surface area contributed by atoms with Gasteiger partial charge < -0.3 is 14.4 Å². The van der Waals surface area contributed by atoms with Crippen LogP contribution < -0.4 is 15.1 Å². The van der Waals surface area contributed by atoms with Crippen molar-refractivity contribution in [2.45, 2.75) is 0 Å². The minimum atomic E-state index is -0.448. The highest BCUT2D eigenvalue weighted by Gasteiger charge is 2.15. The Kier molecular flexibility index (Phi) is 6.62. The van der Waals surface area contributed by atoms with E-state index < -0.39 is 5.91 Å². The standard InChI is InChI=1S/C19H19ClFN3O3/c20-15-3-1-2-4-18(15)27-13-19(25)23-22-12-14-5-6-17(16(21)11-14)24-7-9-26-10-8-24/h1-6,11-12H,7-10,13H2,(H,23,25)/b22-12+. The average Bonchev–Trinajstić information content (AvgIpc) is 2.68. The number of carbonyl (C=O) groups excluding carboxylic acids is 1. The van der Waals surface area contributed by atoms with Crippen LogP contribution in [-0.4, -0.2) is 45.0 Å². The summed E-state index contributed by atoms with van der Waals surface area (Å²) in [6, 6.07) is 11.7. The number of para-hydroxylation sites is 1. The molecule has 1 N–H and O–H groups in total. The zero-order chi connectivity index (χ0) is 19.1. The van der Waals surface area contributed by atoms with Gasteiger partial charge in [0.1, 0.15) is 11.6 Å². The normalized spacial score (nSPS) is 14.4. The molecule has 0 saturated carbocycles. The summed E-state index contributed by atoms with van der Waals surface area (Å²) >= 11 is 5.94. The van der Waals surface area contributed by atoms with Crippen molar-refractivity contribution in [2.75, 3.05) is 37.8 Å². The van der Waals surface area contributed by atoms with Crippen molar-refractivity contribution in [3.8, 4) is 5.75 Å². The number of benzene rings is 2. The van der Waals surface area contributed by atoms with E-state index in [-0.39, 0.29) is 12.4 Å². The predicted molar refractivity (Wildman–Crippen MR) is 102 cm³/mol. The number of amides is 1. The van der Waals surface area contributed by atoms with Gasteiger partial charge in [0.2, 0.25) is 0 Å². The van der Waals surface area contributed by atoms with Crippen LogP contribution in [0, 0.1) is 5.82 Å². The van der Waals surface area contributed by atoms with Gasteiger partial charge in [-0.1, -0.05) is 29.8 Å². The second-order valence-electron chi connectivity index (χ2n) is 5.82. The topological polar surface area (TPSA) is 63.2 Å². The van der Waals surface area contributed by atoms with Crippen molar-refractivity contribution < 1.29 is 18.7 Å². The SMILES string of the molecule is O=C(COc1ccccc1Cl)N/N=C/c1ccc(N2CCOCC2)c(F)c1. The first-order valence-electron chi connectivity index (χ1n) is 8.45. The summed E-state index contributed by atoms with van der Waals surface area (Å²) in [6.45, 7) is 2.26. The summed E-state index contributed by atoms with van der Waals surface area (Å²) in [5, 5.41) is 4.24. The fourth-order valence-corrected chi connectivity index (χ4v) is 2.77. The highest BCUT2D eigenvalue weighted by molar-refractivity contribution is 6.32. The van der Waals surface area contributed by atoms with Crippen molar-refractivity contribution in [1.29, 1.82) is 0 Å². The molecule has 0 aromatic heterocycles. The third-order valence-corrected chi connectivity index (χ3v) is 4.23. The largest absolute Gasteiger partial charge is 0.482 e. The molecule has 1 saturated heterocycles. The molecule has 0 aliphatic carbocycles. The molecule has 1 aliphatic heterocycles. The molecule has 1 fully saturated rings. The number of carbonyl (C=O) groups is 1. The smallest absolute Gasteiger partial charge is 0.277 e. The van der Waals surface area contributed by atoms with E-state index in [4.69, 9.17) is 21.1 Å². The van der Waals surface area contributed by atoms with Gasteiger partial charge in [0.05, 0.1) is 30.1 Å². The molecule has 0 radical (unpaired) electrons. The number of morpholine rings is 1. The molecule has 0 atom stereocenters. The zero-order valence-corrected chi connectivity index (χ0v) is 15.3. The van der Waals surface area contributed by atoms with Crippen LogP contribution in [0.2, 0.25) is 5.02 Å². The van der Waals surface area contributed by atoms with Gasteiger partial charge in [-0.15, -0.1) is 0 Å². The van der Waals surface area contributed by atoms with E-state index >= 15 is 0 Å². The van der Waals surface area contributed by atoms with E-state index in [1.165, 1.54) is 12.3 Å². The Balaban J connectivity index is 1.51. The van der Waals surface area contributed by atoms with Crippen molar-refractivity contribution in [3.05, 3.63) is 58.9 Å². The third-order valence-electron chi connectivity index (χ3n) is 3.92. The van der Waals surface area contributed by atoms with E-state index in [0.29, 0.717) is 48.3 Å². The van der Waals surface area contributed by atoms with Gasteiger partial charge in [0.25, 0.3) is 5.91 Å². The summed E-state index contributed by atoms with van der Waals surface area (Å²) in [6.07, 6.45) is 1.37. The van der Waals surface area contributed by atoms with Crippen LogP contribution in [0.4, 0.5) is 10.1 Å². The Morgan fingerprint density at radius 1 is 1.30 bits per heavy atom. The van der Waals surface area contributed by atoms with Crippen LogP contribution >= 0.6 is 11.6 Å². The lowest BCUT2D eigenvalue weighted by Gasteiger charge is -2.29. The van der Waals surface area contributed by atoms with E-state index in [0.717, 1.165) is 0 Å². The lowest BCUT2D eigenvalue weighted by Crippen LogP contribution is -2.36. The molecule has 0 spiro atoms. The Morgan fingerprint density at radius 3 is 2.81 bits per heavy atom. The molecular weight excluding hydrogens is 373 g/mol. The number of halogens is 2. The second kappa shape index (κ2) is 9.34. The Hall–Kier alpha value is -2.64. The number of nitrogens with zero attached hydrogens (tertiary/aromatic N) is 2. The molecule has 0 bridgehead atoms. The molecule has 6 nitrogen and oxygen atoms in total. The summed E-state index contributed by atoms with van der Waals surface area (Å²) in [4.78, 5) is 13.7. The quantitative estimate of drug-likeness (QED) is 0.607. The Morgan fingerprint density at radius 2 is 2.07 bits per heavy atom. The van der Waals surface area contributed by atoms with Crippen LogP contribution in [-0.2, 0) is 9.53 Å². The Labute approximate surface area is 161 Å². The van der Waals surface area contributed by atoms with Crippen LogP contribution in [0.25, 0.3) is 0 Å². The summed E-state index contributed by atoms with van der Waals surface area (Å²) in [5.41, 5.74) is 3.40. The Bertz CT molecular complexity index is 826. The van der Waals surface area contributed by atoms with Crippen LogP contribution in [0.15, 0.2) is 47.6 Å². The maximum absolute atomic E-state index is 14.3. The summed E-state index contributed by atoms with van der Waals surface area (Å²) < 4.78 is 24.9. The van der Waals surface area contributed by atoms with Gasteiger partial charge >= 0.3 is 0 Å². The zero-order valence-electron chi connectivity index (χ0n) is 14.5. The summed E-state index contributed by atoms with van der Waals surface area (Å²) in [5.74, 6) is -0.370. The van der Waals surface area contributed by atoms with Gasteiger partial charge in [-0.3, -0.25) is 4.79 Å². The van der Waals surface area contributed by atoms with E-state index in [9.17, 15) is 9.18 Å². The lowest BCUT2D eigenvalue weighted by atomic mass is 10.2. The fourth-order valence-electron chi connectivity index (χ4n) is 2.58. The first-order chi connectivity index (χ1) is 13.1. The highest BCUT2D eigenvalue weighted by atomic mass is 35.5. The third kappa shape index (κ3) is 5.42. The minimum Gasteiger partial charge on any atom is -0.482 e. The first-order valence-corrected chi connectivity index (χ1v) is 8.83. The monoisotopic (exact) mass is 391 g/mol. The molecule has 8 heteroatoms. The predicted octanol–water partition coefficient (Wildman–Crippen LogP) is 2.84. The number of anilines is 1.